The molecule has 2 rings (SSSR count). The van der Waals surface area contributed by atoms with Crippen molar-refractivity contribution in [1.29, 1.82) is 0 Å². The number of nitrogens with one attached hydrogen (secondary N) is 1. The van der Waals surface area contributed by atoms with Gasteiger partial charge in [-0.1, -0.05) is 6.07 Å². The highest BCUT2D eigenvalue weighted by molar-refractivity contribution is 5.39. The zero-order chi connectivity index (χ0) is 13.0. The van der Waals surface area contributed by atoms with Crippen LogP contribution in [-0.4, -0.2) is 20.8 Å². The molecule has 0 saturated heterocycles. The lowest BCUT2D eigenvalue weighted by molar-refractivity contribution is 0.637. The highest BCUT2D eigenvalue weighted by Crippen LogP contribution is 2.03. The summed E-state index contributed by atoms with van der Waals surface area (Å²) in [5.74, 6) is 0. The molecule has 0 amide bonds. The van der Waals surface area contributed by atoms with Crippen LogP contribution in [0.15, 0.2) is 41.6 Å². The van der Waals surface area contributed by atoms with Crippen LogP contribution >= 0.6 is 0 Å². The summed E-state index contributed by atoms with van der Waals surface area (Å²) in [5.41, 5.74) is 1.58. The molecule has 0 unspecified atom stereocenters. The molecule has 0 aliphatic heterocycles. The number of rotatable bonds is 4. The zero-order valence-corrected chi connectivity index (χ0v) is 10.5. The monoisotopic (exact) mass is 244 g/mol. The molecule has 94 valence electrons. The van der Waals surface area contributed by atoms with E-state index in [0.717, 1.165) is 11.3 Å². The quantitative estimate of drug-likeness (QED) is 0.885. The van der Waals surface area contributed by atoms with Crippen molar-refractivity contribution in [2.75, 3.05) is 5.32 Å². The van der Waals surface area contributed by atoms with E-state index in [1.54, 1.807) is 24.7 Å². The van der Waals surface area contributed by atoms with Gasteiger partial charge in [0.2, 0.25) is 0 Å². The van der Waals surface area contributed by atoms with E-state index in [-0.39, 0.29) is 11.6 Å². The molecular formula is C13H16N4O. The Morgan fingerprint density at radius 3 is 2.83 bits per heavy atom. The van der Waals surface area contributed by atoms with Gasteiger partial charge in [-0.3, -0.25) is 9.78 Å². The van der Waals surface area contributed by atoms with Gasteiger partial charge in [-0.25, -0.2) is 4.68 Å². The van der Waals surface area contributed by atoms with Crippen LogP contribution in [0.3, 0.4) is 0 Å². The van der Waals surface area contributed by atoms with Crippen LogP contribution in [0, 0.1) is 0 Å². The van der Waals surface area contributed by atoms with Crippen LogP contribution in [0.25, 0.3) is 0 Å². The molecule has 0 aromatic carbocycles. The molecule has 0 aliphatic carbocycles. The lowest BCUT2D eigenvalue weighted by Crippen LogP contribution is -2.24. The Labute approximate surface area is 105 Å². The molecule has 0 saturated carbocycles. The van der Waals surface area contributed by atoms with Crippen LogP contribution in [0.1, 0.15) is 19.4 Å². The van der Waals surface area contributed by atoms with Crippen molar-refractivity contribution in [3.05, 3.63) is 52.7 Å². The van der Waals surface area contributed by atoms with Crippen molar-refractivity contribution in [3.63, 3.8) is 0 Å². The molecule has 18 heavy (non-hydrogen) atoms. The van der Waals surface area contributed by atoms with Crippen LogP contribution in [-0.2, 0) is 6.54 Å². The Bertz CT molecular complexity index is 563. The molecule has 0 fully saturated rings. The first-order valence-electron chi connectivity index (χ1n) is 5.88. The fraction of sp³-hybridized carbons (Fsp3) is 0.308. The second-order valence-electron chi connectivity index (χ2n) is 4.40. The normalized spacial score (nSPS) is 10.6. The minimum Gasteiger partial charge on any atom is -0.381 e. The van der Waals surface area contributed by atoms with Crippen molar-refractivity contribution in [2.45, 2.75) is 26.4 Å². The fourth-order valence-electron chi connectivity index (χ4n) is 1.63. The van der Waals surface area contributed by atoms with E-state index in [1.165, 1.54) is 4.68 Å². The van der Waals surface area contributed by atoms with Gasteiger partial charge in [-0.05, 0) is 25.5 Å². The van der Waals surface area contributed by atoms with E-state index >= 15 is 0 Å². The Kier molecular flexibility index (Phi) is 3.72. The highest BCUT2D eigenvalue weighted by atomic mass is 16.1. The average molecular weight is 244 g/mol. The lowest BCUT2D eigenvalue weighted by atomic mass is 10.3. The number of hydrogen-bond acceptors (Lipinski definition) is 4. The minimum atomic E-state index is -0.121. The number of aromatic nitrogens is 3. The van der Waals surface area contributed by atoms with Crippen LogP contribution in [0.2, 0.25) is 0 Å². The molecule has 0 spiro atoms. The van der Waals surface area contributed by atoms with Gasteiger partial charge < -0.3 is 5.32 Å². The average Bonchev–Trinajstić information content (AvgIpc) is 2.33. The van der Waals surface area contributed by atoms with Gasteiger partial charge >= 0.3 is 0 Å². The summed E-state index contributed by atoms with van der Waals surface area (Å²) in [6, 6.07) is 5.60. The van der Waals surface area contributed by atoms with Gasteiger partial charge in [0, 0.05) is 24.5 Å². The van der Waals surface area contributed by atoms with Gasteiger partial charge in [-0.2, -0.15) is 5.10 Å². The molecular weight excluding hydrogens is 228 g/mol. The Morgan fingerprint density at radius 2 is 2.22 bits per heavy atom. The molecule has 5 nitrogen and oxygen atoms in total. The molecule has 0 bridgehead atoms. The highest BCUT2D eigenvalue weighted by Gasteiger charge is 2.02. The maximum atomic E-state index is 11.9. The van der Waals surface area contributed by atoms with Crippen LogP contribution < -0.4 is 10.9 Å². The van der Waals surface area contributed by atoms with E-state index in [2.05, 4.69) is 15.4 Å². The smallest absolute Gasteiger partial charge is 0.269 e. The topological polar surface area (TPSA) is 59.8 Å². The number of nitrogens with zero attached hydrogens (tertiary/aromatic N) is 3. The summed E-state index contributed by atoms with van der Waals surface area (Å²) in [7, 11) is 0. The molecule has 5 heteroatoms. The zero-order valence-electron chi connectivity index (χ0n) is 10.5. The summed E-state index contributed by atoms with van der Waals surface area (Å²) in [6.45, 7) is 4.47. The van der Waals surface area contributed by atoms with E-state index < -0.39 is 0 Å². The standard InChI is InChI=1S/C13H16N4O/c1-10(2)16-12-6-13(18)17(15-8-12)9-11-4-3-5-14-7-11/h3-8,10,16H,9H2,1-2H3. The Balaban J connectivity index is 2.18. The third kappa shape index (κ3) is 3.16. The van der Waals surface area contributed by atoms with Crippen molar-refractivity contribution < 1.29 is 0 Å². The summed E-state index contributed by atoms with van der Waals surface area (Å²) in [4.78, 5) is 15.9. The van der Waals surface area contributed by atoms with Gasteiger partial charge in [-0.15, -0.1) is 0 Å². The predicted octanol–water partition coefficient (Wildman–Crippen LogP) is 1.51. The maximum absolute atomic E-state index is 11.9. The third-order valence-corrected chi connectivity index (χ3v) is 2.38. The largest absolute Gasteiger partial charge is 0.381 e. The van der Waals surface area contributed by atoms with Crippen LogP contribution in [0.4, 0.5) is 5.69 Å². The number of anilines is 1. The Morgan fingerprint density at radius 1 is 1.39 bits per heavy atom. The SMILES string of the molecule is CC(C)Nc1cnn(Cc2cccnc2)c(=O)c1. The second kappa shape index (κ2) is 5.44. The van der Waals surface area contributed by atoms with E-state index in [4.69, 9.17) is 0 Å². The lowest BCUT2D eigenvalue weighted by Gasteiger charge is -2.10. The first kappa shape index (κ1) is 12.3. The number of pyridine rings is 1. The maximum Gasteiger partial charge on any atom is 0.269 e. The van der Waals surface area contributed by atoms with E-state index in [1.807, 2.05) is 26.0 Å². The first-order valence-corrected chi connectivity index (χ1v) is 5.88. The summed E-state index contributed by atoms with van der Waals surface area (Å²) >= 11 is 0. The van der Waals surface area contributed by atoms with Crippen molar-refractivity contribution in [3.8, 4) is 0 Å². The minimum absolute atomic E-state index is 0.121. The number of hydrogen-bond donors (Lipinski definition) is 1. The molecule has 2 aromatic rings. The van der Waals surface area contributed by atoms with Gasteiger partial charge in [0.1, 0.15) is 0 Å². The van der Waals surface area contributed by atoms with Crippen LogP contribution in [0.5, 0.6) is 0 Å². The second-order valence-corrected chi connectivity index (χ2v) is 4.40. The molecule has 2 aromatic heterocycles. The fourth-order valence-corrected chi connectivity index (χ4v) is 1.63. The molecule has 2 heterocycles. The van der Waals surface area contributed by atoms with Gasteiger partial charge in [0.15, 0.2) is 0 Å². The summed E-state index contributed by atoms with van der Waals surface area (Å²) < 4.78 is 1.42. The Hall–Kier alpha value is -2.17. The van der Waals surface area contributed by atoms with Crippen molar-refractivity contribution in [1.82, 2.24) is 14.8 Å². The van der Waals surface area contributed by atoms with Gasteiger partial charge in [0.05, 0.1) is 18.4 Å². The van der Waals surface area contributed by atoms with Gasteiger partial charge in [0.25, 0.3) is 5.56 Å². The predicted molar refractivity (Wildman–Crippen MR) is 70.6 cm³/mol. The van der Waals surface area contributed by atoms with E-state index in [0.29, 0.717) is 6.54 Å². The summed E-state index contributed by atoms with van der Waals surface area (Å²) in [6.07, 6.45) is 5.10. The molecule has 0 atom stereocenters. The van der Waals surface area contributed by atoms with Crippen molar-refractivity contribution in [2.24, 2.45) is 0 Å². The summed E-state index contributed by atoms with van der Waals surface area (Å²) in [5, 5.41) is 7.29. The molecule has 0 radical (unpaired) electrons. The van der Waals surface area contributed by atoms with E-state index in [9.17, 15) is 4.79 Å². The third-order valence-electron chi connectivity index (χ3n) is 2.38. The van der Waals surface area contributed by atoms with Crippen molar-refractivity contribution >= 4 is 5.69 Å². The molecule has 0 aliphatic rings. The first-order chi connectivity index (χ1) is 8.65. The molecule has 1 N–H and O–H groups in total.